The van der Waals surface area contributed by atoms with Crippen molar-refractivity contribution < 1.29 is 4.74 Å². The van der Waals surface area contributed by atoms with Crippen molar-refractivity contribution in [2.24, 2.45) is 0 Å². The molecule has 29 heavy (non-hydrogen) atoms. The SMILES string of the molecule is CCc1cc2c(nc1-c1ccc(C(C)C)nc1NC)c(C)cn2C(CC)COC. The number of fused-ring (bicyclic) bond motifs is 1. The first-order valence-electron chi connectivity index (χ1n) is 10.6. The number of nitrogens with zero attached hydrogens (tertiary/aromatic N) is 3. The molecule has 0 bridgehead atoms. The molecule has 0 aromatic carbocycles. The molecule has 5 nitrogen and oxygen atoms in total. The maximum Gasteiger partial charge on any atom is 0.135 e. The molecule has 1 atom stereocenters. The van der Waals surface area contributed by atoms with Gasteiger partial charge in [-0.25, -0.2) is 9.97 Å². The number of hydrogen-bond donors (Lipinski definition) is 1. The first kappa shape index (κ1) is 21.3. The van der Waals surface area contributed by atoms with Gasteiger partial charge in [-0.2, -0.15) is 0 Å². The second-order valence-electron chi connectivity index (χ2n) is 7.99. The molecule has 3 aromatic heterocycles. The van der Waals surface area contributed by atoms with Crippen molar-refractivity contribution in [1.29, 1.82) is 0 Å². The van der Waals surface area contributed by atoms with Crippen LogP contribution in [-0.2, 0) is 11.2 Å². The van der Waals surface area contributed by atoms with Gasteiger partial charge in [-0.1, -0.05) is 27.7 Å². The lowest BCUT2D eigenvalue weighted by Crippen LogP contribution is -2.13. The molecule has 5 heteroatoms. The molecule has 0 saturated carbocycles. The first-order valence-corrected chi connectivity index (χ1v) is 10.6. The summed E-state index contributed by atoms with van der Waals surface area (Å²) in [4.78, 5) is 10.00. The molecule has 1 unspecified atom stereocenters. The average Bonchev–Trinajstić information content (AvgIpc) is 3.05. The van der Waals surface area contributed by atoms with Crippen LogP contribution in [-0.4, -0.2) is 35.3 Å². The van der Waals surface area contributed by atoms with Gasteiger partial charge in [-0.3, -0.25) is 0 Å². The lowest BCUT2D eigenvalue weighted by Gasteiger charge is -2.19. The zero-order valence-electron chi connectivity index (χ0n) is 18.8. The van der Waals surface area contributed by atoms with Gasteiger partial charge in [0.2, 0.25) is 0 Å². The minimum Gasteiger partial charge on any atom is -0.383 e. The van der Waals surface area contributed by atoms with Crippen LogP contribution in [0.25, 0.3) is 22.3 Å². The Morgan fingerprint density at radius 1 is 1.17 bits per heavy atom. The summed E-state index contributed by atoms with van der Waals surface area (Å²) in [6, 6.07) is 6.90. The maximum absolute atomic E-state index is 5.46. The number of aryl methyl sites for hydroxylation is 2. The minimum atomic E-state index is 0.313. The number of rotatable bonds is 8. The van der Waals surface area contributed by atoms with Crippen molar-refractivity contribution >= 4 is 16.9 Å². The number of aromatic nitrogens is 3. The van der Waals surface area contributed by atoms with Gasteiger partial charge in [0.05, 0.1) is 29.4 Å². The van der Waals surface area contributed by atoms with Crippen LogP contribution in [0.1, 0.15) is 62.9 Å². The average molecular weight is 395 g/mol. The third-order valence-corrected chi connectivity index (χ3v) is 5.67. The standard InChI is InChI=1S/C24H34N4O/c1-8-17-12-21-22(16(5)13-28(21)18(9-2)14-29-7)27-23(17)19-10-11-20(15(3)4)26-24(19)25-6/h10-13,15,18H,8-9,14H2,1-7H3,(H,25,26). The van der Waals surface area contributed by atoms with Crippen molar-refractivity contribution in [3.8, 4) is 11.3 Å². The molecule has 0 fully saturated rings. The molecule has 0 aliphatic carbocycles. The lowest BCUT2D eigenvalue weighted by molar-refractivity contribution is 0.155. The molecule has 1 N–H and O–H groups in total. The van der Waals surface area contributed by atoms with Crippen molar-refractivity contribution in [3.05, 3.63) is 41.2 Å². The van der Waals surface area contributed by atoms with E-state index in [1.165, 1.54) is 16.6 Å². The van der Waals surface area contributed by atoms with Crippen molar-refractivity contribution in [3.63, 3.8) is 0 Å². The van der Waals surface area contributed by atoms with Crippen LogP contribution in [0.5, 0.6) is 0 Å². The molecular weight excluding hydrogens is 360 g/mol. The molecule has 0 radical (unpaired) electrons. The van der Waals surface area contributed by atoms with E-state index in [-0.39, 0.29) is 0 Å². The van der Waals surface area contributed by atoms with E-state index in [1.54, 1.807) is 7.11 Å². The summed E-state index contributed by atoms with van der Waals surface area (Å²) in [5.74, 6) is 1.28. The smallest absolute Gasteiger partial charge is 0.135 e. The number of hydrogen-bond acceptors (Lipinski definition) is 4. The highest BCUT2D eigenvalue weighted by Gasteiger charge is 2.19. The van der Waals surface area contributed by atoms with Gasteiger partial charge < -0.3 is 14.6 Å². The highest BCUT2D eigenvalue weighted by Crippen LogP contribution is 2.34. The normalized spacial score (nSPS) is 12.7. The van der Waals surface area contributed by atoms with Crippen LogP contribution < -0.4 is 5.32 Å². The van der Waals surface area contributed by atoms with Crippen LogP contribution in [0.4, 0.5) is 5.82 Å². The van der Waals surface area contributed by atoms with E-state index in [2.05, 4.69) is 68.9 Å². The highest BCUT2D eigenvalue weighted by molar-refractivity contribution is 5.86. The number of methoxy groups -OCH3 is 1. The van der Waals surface area contributed by atoms with E-state index in [9.17, 15) is 0 Å². The van der Waals surface area contributed by atoms with Gasteiger partial charge in [-0.15, -0.1) is 0 Å². The summed E-state index contributed by atoms with van der Waals surface area (Å²) >= 11 is 0. The number of anilines is 1. The van der Waals surface area contributed by atoms with E-state index >= 15 is 0 Å². The third kappa shape index (κ3) is 4.01. The summed E-state index contributed by atoms with van der Waals surface area (Å²) < 4.78 is 7.80. The molecule has 156 valence electrons. The summed E-state index contributed by atoms with van der Waals surface area (Å²) in [5, 5.41) is 3.28. The fourth-order valence-corrected chi connectivity index (χ4v) is 3.94. The summed E-state index contributed by atoms with van der Waals surface area (Å²) in [7, 11) is 3.69. The van der Waals surface area contributed by atoms with Gasteiger partial charge in [0.1, 0.15) is 5.82 Å². The summed E-state index contributed by atoms with van der Waals surface area (Å²) in [6.07, 6.45) is 4.15. The molecule has 3 aromatic rings. The van der Waals surface area contributed by atoms with E-state index in [0.29, 0.717) is 18.6 Å². The molecular formula is C24H34N4O. The highest BCUT2D eigenvalue weighted by atomic mass is 16.5. The van der Waals surface area contributed by atoms with Crippen molar-refractivity contribution in [2.75, 3.05) is 26.1 Å². The second kappa shape index (κ2) is 8.95. The Hall–Kier alpha value is -2.40. The third-order valence-electron chi connectivity index (χ3n) is 5.67. The molecule has 0 aliphatic heterocycles. The quantitative estimate of drug-likeness (QED) is 0.530. The Morgan fingerprint density at radius 2 is 1.93 bits per heavy atom. The van der Waals surface area contributed by atoms with Gasteiger partial charge in [-0.05, 0) is 55.0 Å². The van der Waals surface area contributed by atoms with Crippen LogP contribution >= 0.6 is 0 Å². The number of nitrogens with one attached hydrogen (secondary N) is 1. The molecule has 0 spiro atoms. The predicted molar refractivity (Wildman–Crippen MR) is 122 cm³/mol. The predicted octanol–water partition coefficient (Wildman–Crippen LogP) is 5.73. The van der Waals surface area contributed by atoms with Crippen LogP contribution in [0.3, 0.4) is 0 Å². The number of pyridine rings is 2. The van der Waals surface area contributed by atoms with Gasteiger partial charge in [0.25, 0.3) is 0 Å². The van der Waals surface area contributed by atoms with E-state index < -0.39 is 0 Å². The zero-order valence-corrected chi connectivity index (χ0v) is 18.8. The first-order chi connectivity index (χ1) is 13.9. The fraction of sp³-hybridized carbons (Fsp3) is 0.500. The Balaban J connectivity index is 2.21. The topological polar surface area (TPSA) is 52.0 Å². The van der Waals surface area contributed by atoms with Crippen LogP contribution in [0, 0.1) is 6.92 Å². The molecule has 3 heterocycles. The molecule has 0 aliphatic rings. The van der Waals surface area contributed by atoms with Gasteiger partial charge in [0, 0.05) is 31.6 Å². The Morgan fingerprint density at radius 3 is 2.52 bits per heavy atom. The summed E-state index contributed by atoms with van der Waals surface area (Å²) in [6.45, 7) is 11.6. The van der Waals surface area contributed by atoms with Crippen molar-refractivity contribution in [1.82, 2.24) is 14.5 Å². The Kier molecular flexibility index (Phi) is 6.58. The van der Waals surface area contributed by atoms with E-state index in [4.69, 9.17) is 14.7 Å². The monoisotopic (exact) mass is 394 g/mol. The van der Waals surface area contributed by atoms with E-state index in [1.807, 2.05) is 7.05 Å². The Labute approximate surface area is 174 Å². The minimum absolute atomic E-state index is 0.313. The molecule has 3 rings (SSSR count). The van der Waals surface area contributed by atoms with E-state index in [0.717, 1.165) is 41.1 Å². The lowest BCUT2D eigenvalue weighted by atomic mass is 10.0. The second-order valence-corrected chi connectivity index (χ2v) is 7.99. The maximum atomic E-state index is 5.46. The Bertz CT molecular complexity index is 990. The van der Waals surface area contributed by atoms with Crippen LogP contribution in [0.15, 0.2) is 24.4 Å². The summed E-state index contributed by atoms with van der Waals surface area (Å²) in [5.41, 5.74) is 7.84. The van der Waals surface area contributed by atoms with Gasteiger partial charge >= 0.3 is 0 Å². The van der Waals surface area contributed by atoms with Crippen molar-refractivity contribution in [2.45, 2.75) is 59.4 Å². The molecule has 0 saturated heterocycles. The number of ether oxygens (including phenoxy) is 1. The molecule has 0 amide bonds. The van der Waals surface area contributed by atoms with Gasteiger partial charge in [0.15, 0.2) is 0 Å². The van der Waals surface area contributed by atoms with Crippen LogP contribution in [0.2, 0.25) is 0 Å². The fourth-order valence-electron chi connectivity index (χ4n) is 3.94. The largest absolute Gasteiger partial charge is 0.383 e. The zero-order chi connectivity index (χ0) is 21.1.